The highest BCUT2D eigenvalue weighted by atomic mass is 16.6. The van der Waals surface area contributed by atoms with Gasteiger partial charge in [-0.25, -0.2) is 0 Å². The summed E-state index contributed by atoms with van der Waals surface area (Å²) in [6, 6.07) is 0. The molecule has 4 atom stereocenters. The zero-order valence-electron chi connectivity index (χ0n) is 32.2. The lowest BCUT2D eigenvalue weighted by Crippen LogP contribution is -2.25. The number of ether oxygens (including phenoxy) is 2. The van der Waals surface area contributed by atoms with Crippen molar-refractivity contribution in [3.05, 3.63) is 36.5 Å². The third-order valence-corrected chi connectivity index (χ3v) is 9.55. The molecular weight excluding hydrogens is 628 g/mol. The van der Waals surface area contributed by atoms with Crippen LogP contribution >= 0.6 is 0 Å². The molecule has 0 fully saturated rings. The van der Waals surface area contributed by atoms with E-state index in [-0.39, 0.29) is 43.2 Å². The number of aliphatic hydroxyl groups is 2. The van der Waals surface area contributed by atoms with Crippen molar-refractivity contribution in [3.63, 3.8) is 0 Å². The number of hydrogen-bond donors (Lipinski definition) is 2. The summed E-state index contributed by atoms with van der Waals surface area (Å²) in [4.78, 5) is 36.3. The van der Waals surface area contributed by atoms with E-state index in [1.165, 1.54) is 77.0 Å². The highest BCUT2D eigenvalue weighted by Gasteiger charge is 2.27. The number of allylic oxidation sites excluding steroid dienone is 5. The second kappa shape index (κ2) is 31.5. The highest BCUT2D eigenvalue weighted by molar-refractivity contribution is 5.95. The molecule has 0 radical (unpaired) electrons. The Kier molecular flexibility index (Phi) is 28.8. The second-order valence-electron chi connectivity index (χ2n) is 14.9. The molecule has 0 unspecified atom stereocenters. The summed E-state index contributed by atoms with van der Waals surface area (Å²) in [6.07, 6.45) is 35.4. The number of hydrogen-bond acceptors (Lipinski definition) is 7. The molecule has 0 aromatic heterocycles. The third-order valence-electron chi connectivity index (χ3n) is 9.55. The van der Waals surface area contributed by atoms with Crippen molar-refractivity contribution in [2.45, 2.75) is 187 Å². The van der Waals surface area contributed by atoms with E-state index in [1.54, 1.807) is 12.2 Å². The van der Waals surface area contributed by atoms with E-state index in [0.717, 1.165) is 57.3 Å². The predicted molar refractivity (Wildman–Crippen MR) is 205 cm³/mol. The van der Waals surface area contributed by atoms with Gasteiger partial charge in [0.1, 0.15) is 19.3 Å². The number of carbonyl (C=O) groups is 3. The van der Waals surface area contributed by atoms with Crippen molar-refractivity contribution in [1.29, 1.82) is 0 Å². The molecule has 0 saturated heterocycles. The minimum atomic E-state index is -1.03. The number of aliphatic hydroxyl groups excluding tert-OH is 2. The Bertz CT molecular complexity index is 953. The summed E-state index contributed by atoms with van der Waals surface area (Å²) in [6.45, 7) is 6.39. The van der Waals surface area contributed by atoms with Crippen LogP contribution in [0.4, 0.5) is 0 Å². The van der Waals surface area contributed by atoms with Crippen molar-refractivity contribution >= 4 is 17.7 Å². The summed E-state index contributed by atoms with van der Waals surface area (Å²) in [7, 11) is 0. The Morgan fingerprint density at radius 1 is 0.720 bits per heavy atom. The maximum atomic E-state index is 12.3. The summed E-state index contributed by atoms with van der Waals surface area (Å²) in [5.74, 6) is 0.0554. The Morgan fingerprint density at radius 2 is 1.24 bits per heavy atom. The molecule has 0 heterocycles. The summed E-state index contributed by atoms with van der Waals surface area (Å²) in [5.41, 5.74) is 0. The van der Waals surface area contributed by atoms with Gasteiger partial charge in [0, 0.05) is 18.8 Å². The lowest BCUT2D eigenvalue weighted by atomic mass is 9.90. The number of ketones is 1. The Labute approximate surface area is 305 Å². The van der Waals surface area contributed by atoms with Crippen LogP contribution in [0.2, 0.25) is 0 Å². The van der Waals surface area contributed by atoms with Gasteiger partial charge < -0.3 is 19.7 Å². The predicted octanol–water partition coefficient (Wildman–Crippen LogP) is 10.3. The molecule has 0 aromatic carbocycles. The molecule has 288 valence electrons. The van der Waals surface area contributed by atoms with Gasteiger partial charge in [-0.2, -0.15) is 0 Å². The Hall–Kier alpha value is -2.25. The molecule has 7 nitrogen and oxygen atoms in total. The van der Waals surface area contributed by atoms with Gasteiger partial charge in [-0.3, -0.25) is 14.4 Å². The van der Waals surface area contributed by atoms with Crippen LogP contribution in [-0.4, -0.2) is 53.4 Å². The first-order chi connectivity index (χ1) is 24.2. The first-order valence-corrected chi connectivity index (χ1v) is 20.5. The van der Waals surface area contributed by atoms with E-state index in [4.69, 9.17) is 9.47 Å². The quantitative estimate of drug-likeness (QED) is 0.0398. The largest absolute Gasteiger partial charge is 0.463 e. The molecule has 1 rings (SSSR count). The van der Waals surface area contributed by atoms with E-state index in [9.17, 15) is 24.6 Å². The zero-order valence-corrected chi connectivity index (χ0v) is 32.2. The molecule has 1 aliphatic carbocycles. The van der Waals surface area contributed by atoms with E-state index in [2.05, 4.69) is 20.8 Å². The number of esters is 2. The van der Waals surface area contributed by atoms with Gasteiger partial charge in [0.15, 0.2) is 5.78 Å². The van der Waals surface area contributed by atoms with Crippen LogP contribution in [0.5, 0.6) is 0 Å². The van der Waals surface area contributed by atoms with Gasteiger partial charge in [0.2, 0.25) is 0 Å². The van der Waals surface area contributed by atoms with Crippen molar-refractivity contribution in [2.75, 3.05) is 13.2 Å². The standard InChI is InChI=1S/C43H74O7/c1-4-5-20-27-38(44)31-32-40-37(30-33-41(40)46)26-22-18-19-24-29-43(48)50-35-39(45)34-49-42(47)28-23-17-15-13-11-9-7-6-8-10-12-14-16-21-25-36(2)3/h18,22,30-33,36-40,44-45H,4-17,19-21,23-29,34-35H2,1-3H3/b22-18-,32-31+/t37-,38-,39+,40+/m0/s1. The van der Waals surface area contributed by atoms with Gasteiger partial charge in [-0.15, -0.1) is 0 Å². The van der Waals surface area contributed by atoms with E-state index in [1.807, 2.05) is 24.3 Å². The minimum Gasteiger partial charge on any atom is -0.463 e. The maximum absolute atomic E-state index is 12.3. The van der Waals surface area contributed by atoms with Gasteiger partial charge >= 0.3 is 11.9 Å². The molecule has 0 aromatic rings. The van der Waals surface area contributed by atoms with Crippen LogP contribution in [-0.2, 0) is 23.9 Å². The van der Waals surface area contributed by atoms with Crippen molar-refractivity contribution in [2.24, 2.45) is 17.8 Å². The molecule has 0 spiro atoms. The summed E-state index contributed by atoms with van der Waals surface area (Å²) < 4.78 is 10.3. The first-order valence-electron chi connectivity index (χ1n) is 20.5. The van der Waals surface area contributed by atoms with Gasteiger partial charge in [-0.05, 0) is 50.0 Å². The van der Waals surface area contributed by atoms with Crippen LogP contribution in [0.25, 0.3) is 0 Å². The van der Waals surface area contributed by atoms with Gasteiger partial charge in [0.25, 0.3) is 0 Å². The number of carbonyl (C=O) groups excluding carboxylic acids is 3. The van der Waals surface area contributed by atoms with Crippen LogP contribution in [0.3, 0.4) is 0 Å². The van der Waals surface area contributed by atoms with Gasteiger partial charge in [-0.1, -0.05) is 160 Å². The molecule has 1 aliphatic rings. The lowest BCUT2D eigenvalue weighted by molar-refractivity contribution is -0.152. The van der Waals surface area contributed by atoms with E-state index >= 15 is 0 Å². The Morgan fingerprint density at radius 3 is 1.80 bits per heavy atom. The van der Waals surface area contributed by atoms with Crippen LogP contribution < -0.4 is 0 Å². The van der Waals surface area contributed by atoms with E-state index < -0.39 is 18.2 Å². The minimum absolute atomic E-state index is 0.0744. The molecule has 0 amide bonds. The Balaban J connectivity index is 1.97. The van der Waals surface area contributed by atoms with Crippen molar-refractivity contribution in [3.8, 4) is 0 Å². The van der Waals surface area contributed by atoms with Crippen LogP contribution in [0.15, 0.2) is 36.5 Å². The van der Waals surface area contributed by atoms with Gasteiger partial charge in [0.05, 0.1) is 6.10 Å². The topological polar surface area (TPSA) is 110 Å². The SMILES string of the molecule is CCCCC[C@H](O)/C=C/[C@H]1C(=O)C=C[C@@H]1C/C=C\CCCC(=O)OC[C@H](O)COC(=O)CCCCCCCCCCCCCCCCC(C)C. The molecule has 0 aliphatic heterocycles. The monoisotopic (exact) mass is 703 g/mol. The van der Waals surface area contributed by atoms with E-state index in [0.29, 0.717) is 19.3 Å². The van der Waals surface area contributed by atoms with Crippen molar-refractivity contribution in [1.82, 2.24) is 0 Å². The molecule has 2 N–H and O–H groups in total. The summed E-state index contributed by atoms with van der Waals surface area (Å²) in [5, 5.41) is 20.2. The normalized spacial score (nSPS) is 17.4. The van der Waals surface area contributed by atoms with Crippen molar-refractivity contribution < 1.29 is 34.1 Å². The fourth-order valence-corrected chi connectivity index (χ4v) is 6.32. The molecule has 0 saturated carbocycles. The fraction of sp³-hybridized carbons (Fsp3) is 0.791. The number of unbranched alkanes of at least 4 members (excludes halogenated alkanes) is 16. The fourth-order valence-electron chi connectivity index (χ4n) is 6.32. The average molecular weight is 703 g/mol. The maximum Gasteiger partial charge on any atom is 0.305 e. The smallest absolute Gasteiger partial charge is 0.305 e. The summed E-state index contributed by atoms with van der Waals surface area (Å²) >= 11 is 0. The average Bonchev–Trinajstić information content (AvgIpc) is 3.44. The molecule has 7 heteroatoms. The molecule has 50 heavy (non-hydrogen) atoms. The third kappa shape index (κ3) is 26.5. The second-order valence-corrected chi connectivity index (χ2v) is 14.9. The van der Waals surface area contributed by atoms with Crippen LogP contribution in [0, 0.1) is 17.8 Å². The first kappa shape index (κ1) is 45.8. The highest BCUT2D eigenvalue weighted by Crippen LogP contribution is 2.27. The van der Waals surface area contributed by atoms with Crippen LogP contribution in [0.1, 0.15) is 175 Å². The number of rotatable bonds is 33. The molecular formula is C43H74O7. The lowest BCUT2D eigenvalue weighted by Gasteiger charge is -2.13. The zero-order chi connectivity index (χ0) is 36.7. The molecule has 0 bridgehead atoms.